The van der Waals surface area contributed by atoms with Gasteiger partial charge in [-0.05, 0) is 200 Å². The average Bonchev–Trinajstić information content (AvgIpc) is 3.90. The minimum absolute atomic E-state index is 0.437. The fourth-order valence-corrected chi connectivity index (χ4v) is 10.4. The van der Waals surface area contributed by atoms with Crippen molar-refractivity contribution in [2.45, 2.75) is 111 Å². The third kappa shape index (κ3) is 4.23. The van der Waals surface area contributed by atoms with E-state index >= 15 is 0 Å². The van der Waals surface area contributed by atoms with Crippen molar-refractivity contribution in [3.05, 3.63) is 122 Å². The summed E-state index contributed by atoms with van der Waals surface area (Å²) >= 11 is 0. The highest BCUT2D eigenvalue weighted by Gasteiger charge is 2.46. The topological polar surface area (TPSA) is 87.0 Å². The zero-order valence-electron chi connectivity index (χ0n) is 36.4. The van der Waals surface area contributed by atoms with Crippen LogP contribution in [0.4, 0.5) is 11.6 Å². The lowest BCUT2D eigenvalue weighted by molar-refractivity contribution is -0.621. The van der Waals surface area contributed by atoms with Crippen molar-refractivity contribution in [2.24, 2.45) is 20.0 Å². The van der Waals surface area contributed by atoms with E-state index in [1.54, 1.807) is 0 Å². The van der Waals surface area contributed by atoms with Gasteiger partial charge in [0.1, 0.15) is 0 Å². The summed E-state index contributed by atoms with van der Waals surface area (Å²) in [7, 11) is 0. The molecule has 2 aromatic heterocycles. The summed E-state index contributed by atoms with van der Waals surface area (Å²) in [4.78, 5) is 30.7. The summed E-state index contributed by atoms with van der Waals surface area (Å²) in [6.07, 6.45) is 0. The predicted molar refractivity (Wildman–Crippen MR) is 234 cm³/mol. The molecule has 6 aromatic rings. The summed E-state index contributed by atoms with van der Waals surface area (Å²) < 4.78 is 4.71. The minimum Gasteiger partial charge on any atom is -0.296 e. The molecule has 0 spiro atoms. The number of fused-ring (bicyclic) bond motifs is 16. The van der Waals surface area contributed by atoms with Gasteiger partial charge in [0.05, 0.1) is 43.8 Å². The molecule has 4 aliphatic heterocycles. The summed E-state index contributed by atoms with van der Waals surface area (Å²) in [6, 6.07) is 0. The Bertz CT molecular complexity index is 3080. The molecule has 0 unspecified atom stereocenters. The van der Waals surface area contributed by atoms with Gasteiger partial charge >= 0.3 is 0 Å². The highest BCUT2D eigenvalue weighted by Crippen LogP contribution is 2.44. The second-order valence-corrected chi connectivity index (χ2v) is 17.4. The zero-order valence-corrected chi connectivity index (χ0v) is 36.4. The number of nitrogens with zero attached hydrogens (tertiary/aromatic N) is 6. The zero-order chi connectivity index (χ0) is 40.6. The molecule has 8 heteroatoms. The first-order chi connectivity index (χ1) is 27.0. The van der Waals surface area contributed by atoms with Crippen molar-refractivity contribution in [1.29, 1.82) is 0 Å². The Morgan fingerprint density at radius 2 is 0.614 bits per heavy atom. The molecule has 4 aliphatic rings. The molecule has 8 nitrogen and oxygen atoms in total. The SMILES string of the molecule is Cc1c(C)c(C)c2c(c1C)C1=Nc3[nH]c(c4c(C)c(C)c(C)c(C)c34)N=C3c4c(C)c(C)c(C)c(C)c4C4=[N+]3C[N+]1=C2N=c1[nH]c(c2c(C)c(C)c(C)c(C)c12)=N4. The van der Waals surface area contributed by atoms with Crippen molar-refractivity contribution in [1.82, 2.24) is 9.97 Å². The van der Waals surface area contributed by atoms with Crippen LogP contribution in [0.2, 0.25) is 0 Å². The maximum Gasteiger partial charge on any atom is 0.276 e. The van der Waals surface area contributed by atoms with Crippen LogP contribution in [0.25, 0.3) is 21.5 Å². The van der Waals surface area contributed by atoms with Crippen molar-refractivity contribution in [2.75, 3.05) is 6.67 Å². The third-order valence-electron chi connectivity index (χ3n) is 15.2. The van der Waals surface area contributed by atoms with Gasteiger partial charge in [-0.2, -0.15) is 9.15 Å². The largest absolute Gasteiger partial charge is 0.296 e. The molecule has 6 bridgehead atoms. The summed E-state index contributed by atoms with van der Waals surface area (Å²) in [5, 5.41) is 4.51. The highest BCUT2D eigenvalue weighted by molar-refractivity contribution is 6.21. The van der Waals surface area contributed by atoms with E-state index in [0.717, 1.165) is 89.8 Å². The first kappa shape index (κ1) is 35.6. The molecular weight excluding hydrogens is 701 g/mol. The van der Waals surface area contributed by atoms with Crippen molar-refractivity contribution < 1.29 is 9.15 Å². The molecule has 57 heavy (non-hydrogen) atoms. The van der Waals surface area contributed by atoms with Gasteiger partial charge in [-0.15, -0.1) is 0 Å². The summed E-state index contributed by atoms with van der Waals surface area (Å²) in [5.74, 6) is 5.25. The molecule has 10 rings (SSSR count). The normalized spacial score (nSPS) is 15.3. The van der Waals surface area contributed by atoms with Gasteiger partial charge in [-0.3, -0.25) is 9.97 Å². The second kappa shape index (κ2) is 11.4. The van der Waals surface area contributed by atoms with E-state index in [4.69, 9.17) is 20.0 Å². The summed E-state index contributed by atoms with van der Waals surface area (Å²) in [5.41, 5.74) is 26.3. The van der Waals surface area contributed by atoms with Crippen LogP contribution in [-0.2, 0) is 0 Å². The number of aromatic amines is 2. The lowest BCUT2D eigenvalue weighted by Crippen LogP contribution is -2.36. The number of rotatable bonds is 0. The first-order valence-electron chi connectivity index (χ1n) is 20.3. The molecule has 6 heterocycles. The fraction of sp³-hybridized carbons (Fsp3) is 0.347. The number of aliphatic imine (C=N–C) groups is 2. The Labute approximate surface area is 334 Å². The van der Waals surface area contributed by atoms with Crippen molar-refractivity contribution in [3.63, 3.8) is 0 Å². The molecule has 2 N–H and O–H groups in total. The number of hydrogen-bond acceptors (Lipinski definition) is 4. The Balaban J connectivity index is 1.53. The first-order valence-corrected chi connectivity index (χ1v) is 20.3. The molecule has 0 saturated heterocycles. The van der Waals surface area contributed by atoms with Crippen LogP contribution in [0.5, 0.6) is 0 Å². The van der Waals surface area contributed by atoms with E-state index in [1.807, 2.05) is 0 Å². The highest BCUT2D eigenvalue weighted by atomic mass is 15.3. The van der Waals surface area contributed by atoms with Crippen LogP contribution in [0.3, 0.4) is 0 Å². The Morgan fingerprint density at radius 1 is 0.316 bits per heavy atom. The molecule has 0 aliphatic carbocycles. The van der Waals surface area contributed by atoms with Crippen LogP contribution in [0.15, 0.2) is 20.0 Å². The van der Waals surface area contributed by atoms with E-state index in [2.05, 4.69) is 130 Å². The van der Waals surface area contributed by atoms with Crippen LogP contribution in [-0.4, -0.2) is 49.1 Å². The average molecular weight is 753 g/mol. The third-order valence-corrected chi connectivity index (χ3v) is 15.2. The van der Waals surface area contributed by atoms with E-state index in [-0.39, 0.29) is 0 Å². The van der Waals surface area contributed by atoms with Gasteiger partial charge in [0, 0.05) is 0 Å². The molecule has 0 radical (unpaired) electrons. The number of aryl methyl sites for hydroxylation is 4. The number of H-pyrrole nitrogens is 2. The maximum atomic E-state index is 5.75. The lowest BCUT2D eigenvalue weighted by atomic mass is 9.89. The Hall–Kier alpha value is -5.76. The molecule has 0 amide bonds. The summed E-state index contributed by atoms with van der Waals surface area (Å²) in [6.45, 7) is 36.3. The van der Waals surface area contributed by atoms with E-state index in [0.29, 0.717) is 6.67 Å². The Kier molecular flexibility index (Phi) is 7.15. The standard InChI is InChI=1S/C49H50N8/c1-18-19(2)27(10)35-34(26(18)9)42-50-43(35)53-47-40-32(15)24(7)25(8)33(16)41(40)49-55-45-37-29(12)21(4)20(3)28(11)36(37)44(51-45)54-48-39-31(14)23(6)22(5)30(13)38(39)46(52-42)56(48)17-57(47)49/h17H2,1-16H3/p+2. The van der Waals surface area contributed by atoms with Gasteiger partial charge in [0.2, 0.25) is 22.6 Å². The van der Waals surface area contributed by atoms with Gasteiger partial charge < -0.3 is 0 Å². The Morgan fingerprint density at radius 3 is 0.965 bits per heavy atom. The van der Waals surface area contributed by atoms with Crippen molar-refractivity contribution in [3.8, 4) is 0 Å². The van der Waals surface area contributed by atoms with Crippen LogP contribution in [0, 0.1) is 111 Å². The number of nitrogens with one attached hydrogen (secondary N) is 2. The molecule has 0 atom stereocenters. The monoisotopic (exact) mass is 752 g/mol. The van der Waals surface area contributed by atoms with Crippen molar-refractivity contribution >= 4 is 56.5 Å². The van der Waals surface area contributed by atoms with E-state index < -0.39 is 0 Å². The van der Waals surface area contributed by atoms with Gasteiger partial charge in [0.25, 0.3) is 23.3 Å². The van der Waals surface area contributed by atoms with Crippen LogP contribution >= 0.6 is 0 Å². The van der Waals surface area contributed by atoms with E-state index in [1.165, 1.54) is 89.0 Å². The molecule has 4 aromatic carbocycles. The van der Waals surface area contributed by atoms with Crippen LogP contribution in [0.1, 0.15) is 111 Å². The smallest absolute Gasteiger partial charge is 0.276 e. The second-order valence-electron chi connectivity index (χ2n) is 17.4. The van der Waals surface area contributed by atoms with Gasteiger partial charge in [0.15, 0.2) is 6.67 Å². The maximum absolute atomic E-state index is 5.75. The minimum atomic E-state index is 0.437. The number of hydrogen-bond donors (Lipinski definition) is 2. The predicted octanol–water partition coefficient (Wildman–Crippen LogP) is 9.21. The van der Waals surface area contributed by atoms with E-state index in [9.17, 15) is 0 Å². The molecule has 0 saturated carbocycles. The number of amidine groups is 4. The number of aromatic nitrogens is 2. The quantitative estimate of drug-likeness (QED) is 0.145. The van der Waals surface area contributed by atoms with Gasteiger partial charge in [-0.25, -0.2) is 0 Å². The van der Waals surface area contributed by atoms with Crippen LogP contribution < -0.4 is 11.0 Å². The number of benzene rings is 4. The molecular formula is C49H52N8+2. The fourth-order valence-electron chi connectivity index (χ4n) is 10.4. The van der Waals surface area contributed by atoms with Gasteiger partial charge in [-0.1, -0.05) is 20.0 Å². The molecule has 0 fully saturated rings. The molecule has 286 valence electrons. The lowest BCUT2D eigenvalue weighted by Gasteiger charge is -2.14.